The minimum absolute atomic E-state index is 0.0107. The fraction of sp³-hybridized carbons (Fsp3) is 0.214. The van der Waals surface area contributed by atoms with E-state index in [4.69, 9.17) is 9.25 Å². The molecule has 0 spiro atoms. The quantitative estimate of drug-likeness (QED) is 0.787. The van der Waals surface area contributed by atoms with E-state index in [0.717, 1.165) is 29.2 Å². The van der Waals surface area contributed by atoms with Crippen LogP contribution >= 0.6 is 0 Å². The molecule has 3 rings (SSSR count). The van der Waals surface area contributed by atoms with E-state index in [1.807, 2.05) is 37.3 Å². The van der Waals surface area contributed by atoms with Crippen molar-refractivity contribution in [1.82, 2.24) is 0 Å². The molecule has 0 aliphatic carbocycles. The lowest BCUT2D eigenvalue weighted by Crippen LogP contribution is -2.00. The predicted molar refractivity (Wildman–Crippen MR) is 64.9 cm³/mol. The van der Waals surface area contributed by atoms with Crippen LogP contribution in [0.3, 0.4) is 0 Å². The zero-order valence-corrected chi connectivity index (χ0v) is 9.59. The number of aryl methyl sites for hydroxylation is 1. The van der Waals surface area contributed by atoms with Crippen molar-refractivity contribution in [1.29, 1.82) is 0 Å². The minimum atomic E-state index is 0.0107. The van der Waals surface area contributed by atoms with Crippen LogP contribution in [-0.4, -0.2) is 5.71 Å². The molecule has 0 saturated heterocycles. The number of rotatable bonds is 2. The Labute approximate surface area is 99.7 Å². The van der Waals surface area contributed by atoms with Crippen LogP contribution in [0.4, 0.5) is 0 Å². The Kier molecular flexibility index (Phi) is 2.44. The molecule has 1 atom stereocenters. The average Bonchev–Trinajstić information content (AvgIpc) is 2.98. The maximum Gasteiger partial charge on any atom is 0.158 e. The van der Waals surface area contributed by atoms with E-state index in [0.29, 0.717) is 0 Å². The molecule has 0 N–H and O–H groups in total. The second-order valence-electron chi connectivity index (χ2n) is 4.16. The normalized spacial score (nSPS) is 18.9. The molecule has 2 heterocycles. The van der Waals surface area contributed by atoms with Crippen molar-refractivity contribution < 1.29 is 9.25 Å². The fourth-order valence-corrected chi connectivity index (χ4v) is 1.96. The second-order valence-corrected chi connectivity index (χ2v) is 4.16. The molecule has 0 amide bonds. The maximum atomic E-state index is 5.54. The van der Waals surface area contributed by atoms with Gasteiger partial charge in [0.15, 0.2) is 11.9 Å². The van der Waals surface area contributed by atoms with Crippen molar-refractivity contribution in [3.05, 3.63) is 59.5 Å². The summed E-state index contributed by atoms with van der Waals surface area (Å²) in [6.45, 7) is 1.93. The third-order valence-corrected chi connectivity index (χ3v) is 2.87. The summed E-state index contributed by atoms with van der Waals surface area (Å²) >= 11 is 0. The second kappa shape index (κ2) is 4.09. The van der Waals surface area contributed by atoms with Crippen molar-refractivity contribution in [3.8, 4) is 0 Å². The molecule has 1 aliphatic rings. The Balaban J connectivity index is 1.77. The lowest BCUT2D eigenvalue weighted by molar-refractivity contribution is 0.0857. The summed E-state index contributed by atoms with van der Waals surface area (Å²) in [7, 11) is 0. The molecular weight excluding hydrogens is 214 g/mol. The zero-order chi connectivity index (χ0) is 11.7. The minimum Gasteiger partial charge on any atom is -0.460 e. The van der Waals surface area contributed by atoms with E-state index < -0.39 is 0 Å². The summed E-state index contributed by atoms with van der Waals surface area (Å²) in [6, 6.07) is 14.0. The Morgan fingerprint density at radius 3 is 2.65 bits per heavy atom. The maximum absolute atomic E-state index is 5.54. The highest BCUT2D eigenvalue weighted by Gasteiger charge is 2.25. The predicted octanol–water partition coefficient (Wildman–Crippen LogP) is 3.45. The molecule has 3 nitrogen and oxygen atoms in total. The van der Waals surface area contributed by atoms with E-state index in [1.165, 1.54) is 0 Å². The van der Waals surface area contributed by atoms with E-state index >= 15 is 0 Å². The van der Waals surface area contributed by atoms with Crippen LogP contribution < -0.4 is 0 Å². The monoisotopic (exact) mass is 227 g/mol. The third-order valence-electron chi connectivity index (χ3n) is 2.87. The molecule has 86 valence electrons. The van der Waals surface area contributed by atoms with E-state index in [2.05, 4.69) is 17.3 Å². The Morgan fingerprint density at radius 1 is 1.12 bits per heavy atom. The molecule has 0 bridgehead atoms. The molecule has 1 aliphatic heterocycles. The molecule has 0 radical (unpaired) electrons. The molecule has 1 aromatic carbocycles. The van der Waals surface area contributed by atoms with Crippen molar-refractivity contribution in [2.24, 2.45) is 5.16 Å². The van der Waals surface area contributed by atoms with Crippen molar-refractivity contribution >= 4 is 5.71 Å². The van der Waals surface area contributed by atoms with Gasteiger partial charge in [0.1, 0.15) is 11.5 Å². The average molecular weight is 227 g/mol. The standard InChI is InChI=1S/C14H13NO2/c1-10-7-8-13(16-10)12-9-14(17-15-12)11-5-3-2-4-6-11/h2-8,14H,9H2,1H3. The van der Waals surface area contributed by atoms with Crippen LogP contribution in [0, 0.1) is 6.92 Å². The number of furan rings is 1. The first-order valence-electron chi connectivity index (χ1n) is 5.67. The van der Waals surface area contributed by atoms with Gasteiger partial charge in [0, 0.05) is 6.42 Å². The molecule has 2 aromatic rings. The van der Waals surface area contributed by atoms with Gasteiger partial charge in [-0.05, 0) is 24.6 Å². The van der Waals surface area contributed by atoms with Crippen LogP contribution in [-0.2, 0) is 4.84 Å². The highest BCUT2D eigenvalue weighted by molar-refractivity contribution is 5.99. The molecular formula is C14H13NO2. The molecule has 3 heteroatoms. The van der Waals surface area contributed by atoms with E-state index in [1.54, 1.807) is 0 Å². The number of hydrogen-bond donors (Lipinski definition) is 0. The van der Waals surface area contributed by atoms with Gasteiger partial charge in [-0.3, -0.25) is 0 Å². The molecule has 17 heavy (non-hydrogen) atoms. The molecule has 0 fully saturated rings. The van der Waals surface area contributed by atoms with Crippen LogP contribution in [0.25, 0.3) is 0 Å². The summed E-state index contributed by atoms with van der Waals surface area (Å²) in [4.78, 5) is 5.44. The number of oxime groups is 1. The van der Waals surface area contributed by atoms with E-state index in [-0.39, 0.29) is 6.10 Å². The first kappa shape index (κ1) is 10.1. The highest BCUT2D eigenvalue weighted by atomic mass is 16.6. The molecule has 0 saturated carbocycles. The summed E-state index contributed by atoms with van der Waals surface area (Å²) in [5.41, 5.74) is 2.03. The van der Waals surface area contributed by atoms with Gasteiger partial charge in [0.05, 0.1) is 0 Å². The summed E-state index contributed by atoms with van der Waals surface area (Å²) in [6.07, 6.45) is 0.772. The number of benzene rings is 1. The summed E-state index contributed by atoms with van der Waals surface area (Å²) in [5.74, 6) is 1.70. The zero-order valence-electron chi connectivity index (χ0n) is 9.59. The van der Waals surface area contributed by atoms with Crippen molar-refractivity contribution in [2.75, 3.05) is 0 Å². The van der Waals surface area contributed by atoms with Gasteiger partial charge in [0.25, 0.3) is 0 Å². The molecule has 1 unspecified atom stereocenters. The summed E-state index contributed by atoms with van der Waals surface area (Å²) in [5, 5.41) is 4.10. The van der Waals surface area contributed by atoms with Gasteiger partial charge >= 0.3 is 0 Å². The SMILES string of the molecule is Cc1ccc(C2=NOC(c3ccccc3)C2)o1. The third kappa shape index (κ3) is 1.96. The largest absolute Gasteiger partial charge is 0.460 e. The van der Waals surface area contributed by atoms with Gasteiger partial charge in [-0.2, -0.15) is 0 Å². The first-order chi connectivity index (χ1) is 8.33. The Bertz CT molecular complexity index is 542. The van der Waals surface area contributed by atoms with Gasteiger partial charge < -0.3 is 9.25 Å². The highest BCUT2D eigenvalue weighted by Crippen LogP contribution is 2.29. The summed E-state index contributed by atoms with van der Waals surface area (Å²) < 4.78 is 5.54. The van der Waals surface area contributed by atoms with Crippen LogP contribution in [0.1, 0.15) is 29.6 Å². The Morgan fingerprint density at radius 2 is 1.94 bits per heavy atom. The fourth-order valence-electron chi connectivity index (χ4n) is 1.96. The molecule has 1 aromatic heterocycles. The van der Waals surface area contributed by atoms with Gasteiger partial charge in [-0.1, -0.05) is 35.5 Å². The van der Waals surface area contributed by atoms with Crippen molar-refractivity contribution in [3.63, 3.8) is 0 Å². The van der Waals surface area contributed by atoms with E-state index in [9.17, 15) is 0 Å². The van der Waals surface area contributed by atoms with Gasteiger partial charge in [-0.25, -0.2) is 0 Å². The van der Waals surface area contributed by atoms with Crippen LogP contribution in [0.5, 0.6) is 0 Å². The van der Waals surface area contributed by atoms with Gasteiger partial charge in [-0.15, -0.1) is 0 Å². The lowest BCUT2D eigenvalue weighted by Gasteiger charge is -2.06. The topological polar surface area (TPSA) is 34.7 Å². The Hall–Kier alpha value is -2.03. The number of nitrogens with zero attached hydrogens (tertiary/aromatic N) is 1. The van der Waals surface area contributed by atoms with Gasteiger partial charge in [0.2, 0.25) is 0 Å². The van der Waals surface area contributed by atoms with Crippen molar-refractivity contribution in [2.45, 2.75) is 19.4 Å². The number of hydrogen-bond acceptors (Lipinski definition) is 3. The van der Waals surface area contributed by atoms with Crippen LogP contribution in [0.2, 0.25) is 0 Å². The van der Waals surface area contributed by atoms with Crippen LogP contribution in [0.15, 0.2) is 52.0 Å². The lowest BCUT2D eigenvalue weighted by atomic mass is 10.0. The smallest absolute Gasteiger partial charge is 0.158 e. The first-order valence-corrected chi connectivity index (χ1v) is 5.67.